The van der Waals surface area contributed by atoms with E-state index in [1.54, 1.807) is 6.08 Å². The zero-order chi connectivity index (χ0) is 18.3. The van der Waals surface area contributed by atoms with Crippen LogP contribution >= 0.6 is 0 Å². The minimum Gasteiger partial charge on any atom is -0.481 e. The van der Waals surface area contributed by atoms with Crippen LogP contribution in [0.5, 0.6) is 0 Å². The Labute approximate surface area is 175 Å². The van der Waals surface area contributed by atoms with E-state index in [9.17, 15) is 17.8 Å². The SMILES string of the molecule is CCCCCCCCC=C(CCCCCCCC(=O)O)S(=O)(=O)O.[Na]. The molecule has 2 N–H and O–H groups in total. The first-order chi connectivity index (χ1) is 11.4. The van der Waals surface area contributed by atoms with Crippen LogP contribution in [0.2, 0.25) is 0 Å². The summed E-state index contributed by atoms with van der Waals surface area (Å²) in [6.07, 6.45) is 13.8. The van der Waals surface area contributed by atoms with E-state index in [0.29, 0.717) is 25.7 Å². The maximum Gasteiger partial charge on any atom is 0.303 e. The second-order valence-electron chi connectivity index (χ2n) is 6.36. The second-order valence-corrected chi connectivity index (χ2v) is 7.84. The van der Waals surface area contributed by atoms with E-state index in [1.165, 1.54) is 25.7 Å². The third-order valence-electron chi connectivity index (χ3n) is 4.07. The number of allylic oxidation sites excluding steroid dienone is 2. The second kappa shape index (κ2) is 17.5. The molecule has 0 saturated heterocycles. The quantitative estimate of drug-likeness (QED) is 0.223. The largest absolute Gasteiger partial charge is 0.481 e. The molecule has 0 rings (SSSR count). The molecule has 0 aliphatic rings. The Morgan fingerprint density at radius 1 is 0.840 bits per heavy atom. The van der Waals surface area contributed by atoms with E-state index in [2.05, 4.69) is 6.92 Å². The van der Waals surface area contributed by atoms with Gasteiger partial charge in [0.15, 0.2) is 0 Å². The molecule has 7 heteroatoms. The molecule has 0 spiro atoms. The summed E-state index contributed by atoms with van der Waals surface area (Å²) in [7, 11) is -4.09. The monoisotopic (exact) mass is 385 g/mol. The van der Waals surface area contributed by atoms with E-state index in [1.807, 2.05) is 0 Å². The van der Waals surface area contributed by atoms with Crippen molar-refractivity contribution in [3.05, 3.63) is 11.0 Å². The predicted molar refractivity (Wildman–Crippen MR) is 103 cm³/mol. The smallest absolute Gasteiger partial charge is 0.303 e. The molecule has 0 fully saturated rings. The minimum atomic E-state index is -4.09. The Bertz CT molecular complexity index is 460. The van der Waals surface area contributed by atoms with Crippen LogP contribution in [-0.2, 0) is 14.9 Å². The van der Waals surface area contributed by atoms with Crippen molar-refractivity contribution in [2.24, 2.45) is 0 Å². The van der Waals surface area contributed by atoms with E-state index in [4.69, 9.17) is 5.11 Å². The number of aliphatic carboxylic acids is 1. The topological polar surface area (TPSA) is 91.7 Å². The van der Waals surface area contributed by atoms with Gasteiger partial charge in [-0.25, -0.2) is 0 Å². The van der Waals surface area contributed by atoms with Gasteiger partial charge in [-0.05, 0) is 32.1 Å². The third-order valence-corrected chi connectivity index (χ3v) is 5.11. The van der Waals surface area contributed by atoms with Gasteiger partial charge in [-0.15, -0.1) is 0 Å². The van der Waals surface area contributed by atoms with Crippen LogP contribution < -0.4 is 0 Å². The molecule has 0 amide bonds. The van der Waals surface area contributed by atoms with E-state index < -0.39 is 16.1 Å². The maximum atomic E-state index is 11.4. The van der Waals surface area contributed by atoms with Crippen molar-refractivity contribution in [2.45, 2.75) is 96.8 Å². The van der Waals surface area contributed by atoms with Gasteiger partial charge in [-0.2, -0.15) is 8.42 Å². The third kappa shape index (κ3) is 18.7. The Morgan fingerprint density at radius 3 is 1.84 bits per heavy atom. The molecule has 0 aliphatic heterocycles. The number of rotatable bonds is 16. The van der Waals surface area contributed by atoms with Gasteiger partial charge < -0.3 is 5.11 Å². The Hall–Kier alpha value is 0.120. The standard InChI is InChI=1S/C18H34O5S.Na/c1-2-3-4-5-6-8-11-14-17(24(21,22)23)15-12-9-7-10-13-16-18(19)20;/h14H,2-13,15-16H2,1H3,(H,19,20)(H,21,22,23);. The molecule has 1 radical (unpaired) electrons. The number of carboxylic acids is 1. The molecular formula is C18H34NaO5S. The number of hydrogen-bond donors (Lipinski definition) is 2. The van der Waals surface area contributed by atoms with Crippen LogP contribution in [0.25, 0.3) is 0 Å². The molecule has 0 bridgehead atoms. The number of carboxylic acid groups (broad SMARTS) is 1. The fourth-order valence-corrected chi connectivity index (χ4v) is 3.36. The summed E-state index contributed by atoms with van der Waals surface area (Å²) >= 11 is 0. The number of hydrogen-bond acceptors (Lipinski definition) is 3. The number of unbranched alkanes of at least 4 members (excludes halogenated alkanes) is 10. The van der Waals surface area contributed by atoms with E-state index in [-0.39, 0.29) is 40.9 Å². The van der Waals surface area contributed by atoms with Crippen molar-refractivity contribution in [1.29, 1.82) is 0 Å². The Balaban J connectivity index is 0. The van der Waals surface area contributed by atoms with Crippen LogP contribution in [-0.4, -0.2) is 53.6 Å². The Kier molecular flexibility index (Phi) is 19.2. The molecule has 143 valence electrons. The molecule has 0 aromatic rings. The summed E-state index contributed by atoms with van der Waals surface area (Å²) in [6, 6.07) is 0. The molecule has 0 heterocycles. The summed E-state index contributed by atoms with van der Waals surface area (Å²) in [5.41, 5.74) is 0. The van der Waals surface area contributed by atoms with Gasteiger partial charge >= 0.3 is 5.97 Å². The molecular weight excluding hydrogens is 351 g/mol. The first kappa shape index (κ1) is 27.3. The summed E-state index contributed by atoms with van der Waals surface area (Å²) in [4.78, 5) is 10.5. The molecule has 0 aliphatic carbocycles. The van der Waals surface area contributed by atoms with Crippen molar-refractivity contribution in [3.8, 4) is 0 Å². The van der Waals surface area contributed by atoms with Gasteiger partial charge in [0.25, 0.3) is 10.1 Å². The van der Waals surface area contributed by atoms with Crippen molar-refractivity contribution < 1.29 is 22.9 Å². The van der Waals surface area contributed by atoms with Crippen molar-refractivity contribution in [1.82, 2.24) is 0 Å². The van der Waals surface area contributed by atoms with Crippen molar-refractivity contribution >= 4 is 45.6 Å². The molecule has 5 nitrogen and oxygen atoms in total. The summed E-state index contributed by atoms with van der Waals surface area (Å²) in [5.74, 6) is -0.777. The summed E-state index contributed by atoms with van der Waals surface area (Å²) in [5, 5.41) is 8.54. The van der Waals surface area contributed by atoms with Crippen LogP contribution in [0.4, 0.5) is 0 Å². The number of carbonyl (C=O) groups is 1. The fraction of sp³-hybridized carbons (Fsp3) is 0.833. The van der Waals surface area contributed by atoms with Crippen LogP contribution in [0.15, 0.2) is 11.0 Å². The zero-order valence-corrected chi connectivity index (χ0v) is 18.8. The van der Waals surface area contributed by atoms with Gasteiger partial charge in [0.05, 0.1) is 4.91 Å². The van der Waals surface area contributed by atoms with Crippen LogP contribution in [0, 0.1) is 0 Å². The molecule has 25 heavy (non-hydrogen) atoms. The van der Waals surface area contributed by atoms with Gasteiger partial charge in [-0.3, -0.25) is 9.35 Å². The van der Waals surface area contributed by atoms with Crippen LogP contribution in [0.3, 0.4) is 0 Å². The molecule has 0 saturated carbocycles. The van der Waals surface area contributed by atoms with E-state index >= 15 is 0 Å². The molecule has 0 aromatic heterocycles. The van der Waals surface area contributed by atoms with Crippen LogP contribution in [0.1, 0.15) is 96.8 Å². The average molecular weight is 386 g/mol. The molecule has 0 atom stereocenters. The summed E-state index contributed by atoms with van der Waals surface area (Å²) < 4.78 is 32.1. The first-order valence-corrected chi connectivity index (χ1v) is 10.7. The predicted octanol–water partition coefficient (Wildman–Crippen LogP) is 4.94. The zero-order valence-electron chi connectivity index (χ0n) is 16.0. The van der Waals surface area contributed by atoms with Crippen molar-refractivity contribution in [2.75, 3.05) is 0 Å². The Morgan fingerprint density at radius 2 is 1.32 bits per heavy atom. The van der Waals surface area contributed by atoms with Gasteiger partial charge in [0.1, 0.15) is 0 Å². The van der Waals surface area contributed by atoms with Gasteiger partial charge in [-0.1, -0.05) is 64.4 Å². The minimum absolute atomic E-state index is 0. The summed E-state index contributed by atoms with van der Waals surface area (Å²) in [6.45, 7) is 2.17. The van der Waals surface area contributed by atoms with Gasteiger partial charge in [0, 0.05) is 36.0 Å². The maximum absolute atomic E-state index is 11.4. The average Bonchev–Trinajstić information content (AvgIpc) is 2.49. The van der Waals surface area contributed by atoms with E-state index in [0.717, 1.165) is 32.1 Å². The fourth-order valence-electron chi connectivity index (χ4n) is 2.63. The van der Waals surface area contributed by atoms with Gasteiger partial charge in [0.2, 0.25) is 0 Å². The first-order valence-electron chi connectivity index (χ1n) is 9.26. The normalized spacial score (nSPS) is 12.0. The molecule has 0 aromatic carbocycles. The van der Waals surface area contributed by atoms with Crippen molar-refractivity contribution in [3.63, 3.8) is 0 Å². The molecule has 0 unspecified atom stereocenters.